The Kier molecular flexibility index (Phi) is 3.58. The lowest BCUT2D eigenvalue weighted by atomic mass is 10.1. The monoisotopic (exact) mass is 276 g/mol. The average molecular weight is 277 g/mol. The van der Waals surface area contributed by atoms with Gasteiger partial charge in [-0.05, 0) is 55.3 Å². The summed E-state index contributed by atoms with van der Waals surface area (Å²) in [5, 5.41) is 10.4. The molecule has 2 aromatic rings. The van der Waals surface area contributed by atoms with E-state index in [1.807, 2.05) is 50.1 Å². The van der Waals surface area contributed by atoms with Crippen LogP contribution in [0.4, 0.5) is 17.1 Å². The predicted molar refractivity (Wildman–Crippen MR) is 81.5 cm³/mol. The third-order valence-electron chi connectivity index (χ3n) is 3.20. The van der Waals surface area contributed by atoms with E-state index in [4.69, 9.17) is 17.3 Å². The van der Waals surface area contributed by atoms with Gasteiger partial charge in [0.2, 0.25) is 0 Å². The van der Waals surface area contributed by atoms with Crippen molar-refractivity contribution in [3.05, 3.63) is 46.5 Å². The van der Waals surface area contributed by atoms with Gasteiger partial charge in [-0.25, -0.2) is 0 Å². The molecule has 3 N–H and O–H groups in total. The van der Waals surface area contributed by atoms with Crippen molar-refractivity contribution in [2.24, 2.45) is 0 Å². The van der Waals surface area contributed by atoms with Crippen LogP contribution >= 0.6 is 11.6 Å². The Morgan fingerprint density at radius 2 is 1.68 bits per heavy atom. The molecule has 0 saturated carbocycles. The molecule has 2 rings (SSSR count). The number of nitrogen functional groups attached to an aromatic ring is 1. The van der Waals surface area contributed by atoms with Gasteiger partial charge in [0.05, 0.1) is 10.7 Å². The van der Waals surface area contributed by atoms with Crippen molar-refractivity contribution in [3.8, 4) is 5.75 Å². The number of aryl methyl sites for hydroxylation is 2. The number of nitrogens with two attached hydrogens (primary N) is 1. The van der Waals surface area contributed by atoms with Crippen molar-refractivity contribution in [3.63, 3.8) is 0 Å². The normalized spacial score (nSPS) is 10.5. The number of phenolic OH excluding ortho intramolecular Hbond substituents is 1. The molecule has 2 aromatic carbocycles. The van der Waals surface area contributed by atoms with E-state index in [0.717, 1.165) is 22.5 Å². The van der Waals surface area contributed by atoms with E-state index < -0.39 is 0 Å². The van der Waals surface area contributed by atoms with Gasteiger partial charge in [-0.15, -0.1) is 0 Å². The number of phenols is 1. The van der Waals surface area contributed by atoms with Gasteiger partial charge in [0, 0.05) is 18.4 Å². The van der Waals surface area contributed by atoms with Crippen LogP contribution in [0, 0.1) is 13.8 Å². The van der Waals surface area contributed by atoms with Crippen molar-refractivity contribution in [2.75, 3.05) is 17.7 Å². The van der Waals surface area contributed by atoms with E-state index in [1.165, 1.54) is 0 Å². The Labute approximate surface area is 118 Å². The van der Waals surface area contributed by atoms with Gasteiger partial charge in [0.25, 0.3) is 0 Å². The topological polar surface area (TPSA) is 49.5 Å². The summed E-state index contributed by atoms with van der Waals surface area (Å²) in [4.78, 5) is 1.97. The molecule has 0 spiro atoms. The average Bonchev–Trinajstić information content (AvgIpc) is 2.34. The molecule has 4 heteroatoms. The van der Waals surface area contributed by atoms with Crippen LogP contribution in [-0.2, 0) is 0 Å². The Morgan fingerprint density at radius 1 is 1.11 bits per heavy atom. The van der Waals surface area contributed by atoms with Crippen LogP contribution in [-0.4, -0.2) is 12.2 Å². The second kappa shape index (κ2) is 5.02. The molecule has 0 aliphatic heterocycles. The highest BCUT2D eigenvalue weighted by atomic mass is 35.5. The molecule has 0 unspecified atom stereocenters. The quantitative estimate of drug-likeness (QED) is 0.815. The van der Waals surface area contributed by atoms with Crippen LogP contribution in [0.5, 0.6) is 5.75 Å². The molecule has 0 aromatic heterocycles. The summed E-state index contributed by atoms with van der Waals surface area (Å²) in [6, 6.07) is 9.28. The number of anilines is 3. The molecule has 0 bridgehead atoms. The zero-order chi connectivity index (χ0) is 14.2. The minimum atomic E-state index is 0.334. The smallest absolute Gasteiger partial charge is 0.121 e. The minimum Gasteiger partial charge on any atom is -0.507 e. The van der Waals surface area contributed by atoms with Gasteiger partial charge in [0.15, 0.2) is 0 Å². The van der Waals surface area contributed by atoms with E-state index >= 15 is 0 Å². The maximum absolute atomic E-state index is 9.81. The van der Waals surface area contributed by atoms with Crippen molar-refractivity contribution in [2.45, 2.75) is 13.8 Å². The van der Waals surface area contributed by atoms with E-state index in [2.05, 4.69) is 0 Å². The molecule has 3 nitrogen and oxygen atoms in total. The number of benzene rings is 2. The lowest BCUT2D eigenvalue weighted by Gasteiger charge is -2.22. The fraction of sp³-hybridized carbons (Fsp3) is 0.200. The Hall–Kier alpha value is -1.87. The first kappa shape index (κ1) is 13.6. The zero-order valence-corrected chi connectivity index (χ0v) is 12.0. The zero-order valence-electron chi connectivity index (χ0n) is 11.2. The van der Waals surface area contributed by atoms with Gasteiger partial charge in [-0.1, -0.05) is 11.6 Å². The van der Waals surface area contributed by atoms with Crippen LogP contribution in [0.25, 0.3) is 0 Å². The summed E-state index contributed by atoms with van der Waals surface area (Å²) in [7, 11) is 1.93. The largest absolute Gasteiger partial charge is 0.507 e. The van der Waals surface area contributed by atoms with Gasteiger partial charge in [0.1, 0.15) is 5.75 Å². The van der Waals surface area contributed by atoms with Crippen LogP contribution < -0.4 is 10.6 Å². The molecule has 0 heterocycles. The first-order chi connectivity index (χ1) is 8.90. The highest BCUT2D eigenvalue weighted by Crippen LogP contribution is 2.35. The van der Waals surface area contributed by atoms with Crippen molar-refractivity contribution in [1.82, 2.24) is 0 Å². The lowest BCUT2D eigenvalue weighted by Crippen LogP contribution is -2.10. The fourth-order valence-corrected chi connectivity index (χ4v) is 2.38. The second-order valence-corrected chi connectivity index (χ2v) is 5.11. The first-order valence-corrected chi connectivity index (χ1v) is 6.37. The highest BCUT2D eigenvalue weighted by Gasteiger charge is 2.11. The summed E-state index contributed by atoms with van der Waals surface area (Å²) in [5.41, 5.74) is 9.87. The van der Waals surface area contributed by atoms with Gasteiger partial charge < -0.3 is 15.7 Å². The second-order valence-electron chi connectivity index (χ2n) is 4.70. The van der Waals surface area contributed by atoms with Crippen molar-refractivity contribution < 1.29 is 5.11 Å². The highest BCUT2D eigenvalue weighted by molar-refractivity contribution is 6.33. The van der Waals surface area contributed by atoms with Crippen molar-refractivity contribution in [1.29, 1.82) is 0 Å². The first-order valence-electron chi connectivity index (χ1n) is 5.99. The van der Waals surface area contributed by atoms with Gasteiger partial charge in [-0.3, -0.25) is 0 Å². The molecule has 100 valence electrons. The van der Waals surface area contributed by atoms with Crippen molar-refractivity contribution >= 4 is 28.7 Å². The maximum Gasteiger partial charge on any atom is 0.121 e. The molecule has 0 aliphatic carbocycles. The molecular formula is C15H17ClN2O. The van der Waals surface area contributed by atoms with E-state index in [-0.39, 0.29) is 0 Å². The number of hydrogen-bond donors (Lipinski definition) is 2. The lowest BCUT2D eigenvalue weighted by molar-refractivity contribution is 0.467. The number of rotatable bonds is 2. The number of halogens is 1. The maximum atomic E-state index is 9.81. The fourth-order valence-electron chi connectivity index (χ4n) is 2.06. The summed E-state index contributed by atoms with van der Waals surface area (Å²) >= 11 is 6.21. The summed E-state index contributed by atoms with van der Waals surface area (Å²) < 4.78 is 0. The van der Waals surface area contributed by atoms with Gasteiger partial charge in [-0.2, -0.15) is 0 Å². The number of aromatic hydroxyl groups is 1. The standard InChI is InChI=1S/C15H17ClN2O/c1-9-6-12(7-10(2)15(9)19)18(3)14-5-4-11(17)8-13(14)16/h4-8,19H,17H2,1-3H3. The molecule has 0 atom stereocenters. The Morgan fingerprint density at radius 3 is 2.21 bits per heavy atom. The minimum absolute atomic E-state index is 0.334. The van der Waals surface area contributed by atoms with Crippen LogP contribution in [0.15, 0.2) is 30.3 Å². The Bertz CT molecular complexity index is 603. The van der Waals surface area contributed by atoms with Crippen LogP contribution in [0.3, 0.4) is 0 Å². The molecule has 0 saturated heterocycles. The third-order valence-corrected chi connectivity index (χ3v) is 3.50. The van der Waals surface area contributed by atoms with Gasteiger partial charge >= 0.3 is 0 Å². The molecular weight excluding hydrogens is 260 g/mol. The molecule has 0 aliphatic rings. The van der Waals surface area contributed by atoms with E-state index in [9.17, 15) is 5.11 Å². The molecule has 19 heavy (non-hydrogen) atoms. The Balaban J connectivity index is 2.47. The molecule has 0 amide bonds. The summed E-state index contributed by atoms with van der Waals surface area (Å²) in [5.74, 6) is 0.334. The SMILES string of the molecule is Cc1cc(N(C)c2ccc(N)cc2Cl)cc(C)c1O. The van der Waals surface area contributed by atoms with Crippen LogP contribution in [0.2, 0.25) is 5.02 Å². The molecule has 0 radical (unpaired) electrons. The van der Waals surface area contributed by atoms with E-state index in [0.29, 0.717) is 16.5 Å². The summed E-state index contributed by atoms with van der Waals surface area (Å²) in [6.45, 7) is 3.76. The van der Waals surface area contributed by atoms with E-state index in [1.54, 1.807) is 6.07 Å². The van der Waals surface area contributed by atoms with Crippen LogP contribution in [0.1, 0.15) is 11.1 Å². The predicted octanol–water partition coefficient (Wildman–Crippen LogP) is 4.01. The number of nitrogens with zero attached hydrogens (tertiary/aromatic N) is 1. The third kappa shape index (κ3) is 2.61. The summed E-state index contributed by atoms with van der Waals surface area (Å²) in [6.07, 6.45) is 0. The number of hydrogen-bond acceptors (Lipinski definition) is 3. The molecule has 0 fully saturated rings.